The third kappa shape index (κ3) is 14.7. The van der Waals surface area contributed by atoms with Crippen molar-refractivity contribution < 1.29 is 17.6 Å². The molecule has 0 aliphatic rings. The Labute approximate surface area is 761 Å². The molecule has 0 atom stereocenters. The minimum Gasteiger partial charge on any atom is -0.207 e. The van der Waals surface area contributed by atoms with Crippen LogP contribution < -0.4 is 0 Å². The summed E-state index contributed by atoms with van der Waals surface area (Å²) in [5, 5.41) is 24.7. The number of rotatable bonds is 11. The topological polar surface area (TPSA) is 0 Å². The van der Waals surface area contributed by atoms with Gasteiger partial charge in [-0.15, -0.1) is 0 Å². The number of fused-ring (bicyclic) bond motifs is 11. The van der Waals surface area contributed by atoms with Crippen LogP contribution in [-0.2, 0) is 0 Å². The fourth-order valence-electron chi connectivity index (χ4n) is 20.3. The van der Waals surface area contributed by atoms with Gasteiger partial charge in [0.25, 0.3) is 0 Å². The Morgan fingerprint density at radius 3 is 0.598 bits per heavy atom. The molecule has 0 N–H and O–H groups in total. The largest absolute Gasteiger partial charge is 0.207 e. The van der Waals surface area contributed by atoms with Crippen LogP contribution in [0.1, 0.15) is 0 Å². The molecule has 0 nitrogen and oxygen atoms in total. The zero-order valence-corrected chi connectivity index (χ0v) is 71.7. The Kier molecular flexibility index (Phi) is 20.5. The lowest BCUT2D eigenvalue weighted by Gasteiger charge is -2.25. The van der Waals surface area contributed by atoms with Crippen LogP contribution in [0.4, 0.5) is 17.6 Å². The fraction of sp³-hybridized carbons (Fsp3) is 0. The molecule has 25 rings (SSSR count). The average molecular weight is 1690 g/mol. The maximum Gasteiger partial charge on any atom is 0.123 e. The molecule has 25 aromatic rings. The van der Waals surface area contributed by atoms with Gasteiger partial charge in [0, 0.05) is 0 Å². The maximum absolute atomic E-state index is 15.8. The standard InChI is InChI=1S/C54H32F4.C40H26.C34H22/c55-41-23-19-39(20-24-41)49-46-30-28-44(58)32-48(46)52(38-17-13-36(14-18-38)34-9-5-2-6-10-34)54-50(40-21-25-42(56)26-22-40)45-29-27-43(57)31-47(45)51(53(49)54)37-15-11-35(12-16-37)33-7-3-1-4-8-33;1-2-10-27(11-3-1)32-22-23-37-38(26-32)40(34-21-19-29-13-5-7-15-31(29)25-34)36-17-9-8-16-35(36)39(37)33-20-18-28-12-4-6-14-30(28)24-33;1-3-11-25-21-27(19-17-23(25)9-1)33-29-13-5-7-15-31(29)34(32-16-8-6-14-30(32)33)28-20-18-24-10-2-4-12-26(24)22-28/h1-32H;1-26H;1-22H. The van der Waals surface area contributed by atoms with Crippen LogP contribution in [0, 0.1) is 23.3 Å². The second-order valence-electron chi connectivity index (χ2n) is 34.0. The van der Waals surface area contributed by atoms with Crippen LogP contribution >= 0.6 is 0 Å². The molecule has 0 heterocycles. The molecule has 132 heavy (non-hydrogen) atoms. The van der Waals surface area contributed by atoms with Crippen LogP contribution in [-0.4, -0.2) is 0 Å². The van der Waals surface area contributed by atoms with E-state index in [9.17, 15) is 8.78 Å². The van der Waals surface area contributed by atoms with E-state index < -0.39 is 23.3 Å². The molecule has 0 amide bonds. The molecular weight excluding hydrogens is 1610 g/mol. The van der Waals surface area contributed by atoms with Gasteiger partial charge in [0.15, 0.2) is 0 Å². The monoisotopic (exact) mass is 1690 g/mol. The Bertz CT molecular complexity index is 8400. The number of benzene rings is 25. The summed E-state index contributed by atoms with van der Waals surface area (Å²) < 4.78 is 60.9. The van der Waals surface area contributed by atoms with E-state index in [4.69, 9.17) is 0 Å². The minimum atomic E-state index is -0.415. The first-order valence-corrected chi connectivity index (χ1v) is 44.7. The third-order valence-electron chi connectivity index (χ3n) is 26.3. The van der Waals surface area contributed by atoms with Crippen molar-refractivity contribution in [1.29, 1.82) is 0 Å². The van der Waals surface area contributed by atoms with Crippen molar-refractivity contribution in [3.05, 3.63) is 509 Å². The first kappa shape index (κ1) is 79.7. The van der Waals surface area contributed by atoms with Crippen molar-refractivity contribution in [1.82, 2.24) is 0 Å². The molecule has 0 fully saturated rings. The number of hydrogen-bond donors (Lipinski definition) is 0. The molecule has 0 radical (unpaired) electrons. The number of hydrogen-bond acceptors (Lipinski definition) is 0. The molecule has 0 bridgehead atoms. The quantitative estimate of drug-likeness (QED) is 0.0894. The lowest BCUT2D eigenvalue weighted by atomic mass is 9.77. The molecule has 0 aliphatic carbocycles. The molecule has 4 heteroatoms. The van der Waals surface area contributed by atoms with Gasteiger partial charge < -0.3 is 0 Å². The second kappa shape index (κ2) is 34.0. The predicted molar refractivity (Wildman–Crippen MR) is 552 cm³/mol. The van der Waals surface area contributed by atoms with Gasteiger partial charge in [0.05, 0.1) is 0 Å². The molecule has 0 aromatic heterocycles. The molecule has 0 saturated heterocycles. The highest BCUT2D eigenvalue weighted by Gasteiger charge is 2.29. The van der Waals surface area contributed by atoms with Crippen LogP contribution in [0.3, 0.4) is 0 Å². The first-order valence-electron chi connectivity index (χ1n) is 44.7. The van der Waals surface area contributed by atoms with Gasteiger partial charge in [0.2, 0.25) is 0 Å². The summed E-state index contributed by atoms with van der Waals surface area (Å²) in [5.41, 5.74) is 22.9. The van der Waals surface area contributed by atoms with Crippen molar-refractivity contribution in [3.63, 3.8) is 0 Å². The summed E-state index contributed by atoms with van der Waals surface area (Å²) in [4.78, 5) is 0. The van der Waals surface area contributed by atoms with Crippen molar-refractivity contribution in [2.75, 3.05) is 0 Å². The van der Waals surface area contributed by atoms with E-state index in [1.54, 1.807) is 48.5 Å². The highest BCUT2D eigenvalue weighted by molar-refractivity contribution is 6.34. The van der Waals surface area contributed by atoms with Crippen LogP contribution in [0.25, 0.3) is 241 Å². The second-order valence-corrected chi connectivity index (χ2v) is 34.0. The molecular formula is C128H80F4. The summed E-state index contributed by atoms with van der Waals surface area (Å²) in [7, 11) is 0. The Hall–Kier alpha value is -16.9. The van der Waals surface area contributed by atoms with Crippen molar-refractivity contribution in [2.24, 2.45) is 0 Å². The number of halogens is 4. The van der Waals surface area contributed by atoms with Crippen LogP contribution in [0.2, 0.25) is 0 Å². The summed E-state index contributed by atoms with van der Waals surface area (Å²) in [6, 6.07) is 165. The molecule has 0 unspecified atom stereocenters. The first-order chi connectivity index (χ1) is 65.1. The highest BCUT2D eigenvalue weighted by Crippen LogP contribution is 2.56. The van der Waals surface area contributed by atoms with Gasteiger partial charge in [-0.1, -0.05) is 406 Å². The Morgan fingerprint density at radius 2 is 0.288 bits per heavy atom. The molecule has 620 valence electrons. The highest BCUT2D eigenvalue weighted by atomic mass is 19.1. The smallest absolute Gasteiger partial charge is 0.123 e. The van der Waals surface area contributed by atoms with Gasteiger partial charge >= 0.3 is 0 Å². The van der Waals surface area contributed by atoms with E-state index in [1.165, 1.54) is 178 Å². The SMILES string of the molecule is Fc1ccc(-c2c3ccc(F)cc3c(-c3ccc(-c4ccccc4)cc3)c3c(-c4ccc(F)cc4)c4ccc(F)cc4c(-c4ccc(-c5ccccc5)cc4)c23)cc1.c1ccc(-c2ccc3c(-c4ccc5ccccc5c4)c4ccccc4c(-c4ccc5ccccc5c4)c3c2)cc1.c1ccc2cc(-c3c4ccccc4c(-c4ccc5ccccc5c4)c4ccccc34)ccc2c1. The van der Waals surface area contributed by atoms with E-state index in [1.807, 2.05) is 36.4 Å². The predicted octanol–water partition coefficient (Wildman–Crippen LogP) is 36.6. The van der Waals surface area contributed by atoms with Gasteiger partial charge in [0.1, 0.15) is 23.3 Å². The van der Waals surface area contributed by atoms with Crippen molar-refractivity contribution >= 4 is 118 Å². The summed E-state index contributed by atoms with van der Waals surface area (Å²) in [5.74, 6) is -1.62. The van der Waals surface area contributed by atoms with E-state index in [0.29, 0.717) is 21.9 Å². The van der Waals surface area contributed by atoms with Gasteiger partial charge in [-0.25, -0.2) is 17.6 Å². The lowest BCUT2D eigenvalue weighted by Crippen LogP contribution is -1.99. The normalized spacial score (nSPS) is 11.5. The zero-order valence-electron chi connectivity index (χ0n) is 71.7. The fourth-order valence-corrected chi connectivity index (χ4v) is 20.3. The van der Waals surface area contributed by atoms with E-state index in [0.717, 1.165) is 77.2 Å². The van der Waals surface area contributed by atoms with Crippen molar-refractivity contribution in [2.45, 2.75) is 0 Å². The minimum absolute atomic E-state index is 0.394. The molecule has 0 spiro atoms. The zero-order chi connectivity index (χ0) is 88.3. The molecule has 0 saturated carbocycles. The van der Waals surface area contributed by atoms with Crippen LogP contribution in [0.15, 0.2) is 485 Å². The van der Waals surface area contributed by atoms with Gasteiger partial charge in [-0.2, -0.15) is 0 Å². The van der Waals surface area contributed by atoms with Gasteiger partial charge in [-0.05, 0) is 320 Å². The van der Waals surface area contributed by atoms with E-state index >= 15 is 8.78 Å². The van der Waals surface area contributed by atoms with E-state index in [2.05, 4.69) is 364 Å². The van der Waals surface area contributed by atoms with Gasteiger partial charge in [-0.3, -0.25) is 0 Å². The molecule has 25 aromatic carbocycles. The summed E-state index contributed by atoms with van der Waals surface area (Å²) >= 11 is 0. The van der Waals surface area contributed by atoms with Crippen LogP contribution in [0.5, 0.6) is 0 Å². The Morgan fingerprint density at radius 1 is 0.0985 bits per heavy atom. The van der Waals surface area contributed by atoms with Crippen molar-refractivity contribution in [3.8, 4) is 122 Å². The Balaban J connectivity index is 0.000000117. The average Bonchev–Trinajstić information content (AvgIpc) is 0.691. The third-order valence-corrected chi connectivity index (χ3v) is 26.3. The molecule has 0 aliphatic heterocycles. The summed E-state index contributed by atoms with van der Waals surface area (Å²) in [6.07, 6.45) is 0. The summed E-state index contributed by atoms with van der Waals surface area (Å²) in [6.45, 7) is 0. The maximum atomic E-state index is 15.8. The van der Waals surface area contributed by atoms with E-state index in [-0.39, 0.29) is 0 Å². The lowest BCUT2D eigenvalue weighted by molar-refractivity contribution is 0.627.